The largest absolute Gasteiger partial charge is 0.494 e. The summed E-state index contributed by atoms with van der Waals surface area (Å²) < 4.78 is 53.6. The highest BCUT2D eigenvalue weighted by Crippen LogP contribution is 2.38. The molecule has 0 spiro atoms. The van der Waals surface area contributed by atoms with E-state index in [9.17, 15) is 38.4 Å². The zero-order chi connectivity index (χ0) is 84.2. The van der Waals surface area contributed by atoms with Crippen LogP contribution in [-0.2, 0) is 38.1 Å². The molecule has 0 N–H and O–H groups in total. The summed E-state index contributed by atoms with van der Waals surface area (Å²) in [6.45, 7) is 27.6. The first kappa shape index (κ1) is 92.2. The van der Waals surface area contributed by atoms with Gasteiger partial charge in [0.2, 0.25) is 0 Å². The highest BCUT2D eigenvalue weighted by atomic mass is 28.3. The highest BCUT2D eigenvalue weighted by molar-refractivity contribution is 6.90. The molecule has 0 heterocycles. The number of ether oxygens (including phenoxy) is 10. The van der Waals surface area contributed by atoms with Gasteiger partial charge < -0.3 is 47.4 Å². The summed E-state index contributed by atoms with van der Waals surface area (Å²) in [5.41, 5.74) is 5.36. The molecule has 1 aliphatic rings. The molecule has 117 heavy (non-hydrogen) atoms. The van der Waals surface area contributed by atoms with E-state index in [1.54, 1.807) is 97.1 Å². The molecule has 1 saturated carbocycles. The number of unbranched alkanes of at least 4 members (excludes halogenated alkanes) is 6. The summed E-state index contributed by atoms with van der Waals surface area (Å²) >= 11 is 0. The Balaban J connectivity index is 0.000000255. The van der Waals surface area contributed by atoms with Crippen LogP contribution in [0.3, 0.4) is 0 Å². The maximum atomic E-state index is 12.9. The topological polar surface area (TPSA) is 253 Å². The predicted octanol–water partition coefficient (Wildman–Crippen LogP) is 20.0. The van der Waals surface area contributed by atoms with Crippen molar-refractivity contribution in [1.82, 2.24) is 0 Å². The van der Waals surface area contributed by atoms with Gasteiger partial charge in [-0.15, -0.1) is 0 Å². The molecule has 0 saturated heterocycles. The van der Waals surface area contributed by atoms with Gasteiger partial charge in [-0.1, -0.05) is 155 Å². The second-order valence-corrected chi connectivity index (χ2v) is 39.2. The normalized spacial score (nSPS) is 12.8. The van der Waals surface area contributed by atoms with Gasteiger partial charge in [-0.3, -0.25) is 0 Å². The zero-order valence-corrected chi connectivity index (χ0v) is 70.0. The van der Waals surface area contributed by atoms with Gasteiger partial charge in [0.1, 0.15) is 34.5 Å². The Hall–Kier alpha value is -12.0. The fourth-order valence-electron chi connectivity index (χ4n) is 12.9. The number of carbonyl (C=O) groups is 8. The van der Waals surface area contributed by atoms with Gasteiger partial charge in [-0.2, -0.15) is 5.26 Å². The zero-order valence-electron chi connectivity index (χ0n) is 68.0. The van der Waals surface area contributed by atoms with Gasteiger partial charge in [0.25, 0.3) is 0 Å². The first-order chi connectivity index (χ1) is 56.5. The standard InChI is InChI=1S/C42H46O8Si2.C31H40O5.C23H23NO5/c1-7-39(43)47-27-9-29-51(3,4)37-23-19-35(20-24-37)49-41(45)33-15-11-31(12-16-33)32-13-17-34(18-14-32)42(46)50-36-21-25-38(26-22-36)52(5,6)30-10-28-48-40(44)8-2;1-3-9-24-10-12-25(13-11-24)26-14-20-29(21-15-26)36-31(33)27-16-18-28(19-17-27)34-22-7-5-6-8-23-35-30(32)4-2;1-2-22(25)28-16-6-4-3-5-15-27-20-13-9-19(10-14-20)23(26)29-21-11-7-18(17-24)8-12-21/h7-8,11-26H,1-2,9-10,27-30H2,3-6H3;4,14-21,24-25H,2-3,5-13,22-23H2,1H3;2,7-14H,1,3-6,15-16H2. The van der Waals surface area contributed by atoms with Gasteiger partial charge in [0.15, 0.2) is 0 Å². The average Bonchev–Trinajstić information content (AvgIpc) is 0.866. The van der Waals surface area contributed by atoms with E-state index in [0.29, 0.717) is 102 Å². The summed E-state index contributed by atoms with van der Waals surface area (Å²) in [4.78, 5) is 94.9. The summed E-state index contributed by atoms with van der Waals surface area (Å²) in [6, 6.07) is 61.6. The molecule has 0 aliphatic heterocycles. The quantitative estimate of drug-likeness (QED) is 0.00860. The second kappa shape index (κ2) is 49.7. The van der Waals surface area contributed by atoms with Crippen molar-refractivity contribution >= 4 is 74.3 Å². The summed E-state index contributed by atoms with van der Waals surface area (Å²) in [5.74, 6) is 1.48. The van der Waals surface area contributed by atoms with Crippen molar-refractivity contribution in [2.24, 2.45) is 5.92 Å². The average molecular weight is 1620 g/mol. The fourth-order valence-corrected chi connectivity index (χ4v) is 17.7. The van der Waals surface area contributed by atoms with Crippen molar-refractivity contribution in [1.29, 1.82) is 5.26 Å². The Bertz CT molecular complexity index is 4410. The molecule has 21 heteroatoms. The molecule has 1 aliphatic carbocycles. The van der Waals surface area contributed by atoms with E-state index in [4.69, 9.17) is 52.6 Å². The lowest BCUT2D eigenvalue weighted by Crippen LogP contribution is -2.41. The van der Waals surface area contributed by atoms with Crippen molar-refractivity contribution in [3.8, 4) is 51.7 Å². The number of esters is 8. The highest BCUT2D eigenvalue weighted by Gasteiger charge is 2.26. The van der Waals surface area contributed by atoms with E-state index in [1.165, 1.54) is 72.7 Å². The number of nitriles is 1. The summed E-state index contributed by atoms with van der Waals surface area (Å²) in [5, 5.41) is 11.2. The van der Waals surface area contributed by atoms with E-state index in [0.717, 1.165) is 105 Å². The Morgan fingerprint density at radius 1 is 0.359 bits per heavy atom. The van der Waals surface area contributed by atoms with Crippen LogP contribution < -0.4 is 38.8 Å². The minimum absolute atomic E-state index is 0.369. The van der Waals surface area contributed by atoms with Gasteiger partial charge >= 0.3 is 47.8 Å². The summed E-state index contributed by atoms with van der Waals surface area (Å²) in [6.07, 6.45) is 21.4. The molecule has 0 unspecified atom stereocenters. The minimum atomic E-state index is -1.76. The Kier molecular flexibility index (Phi) is 39.2. The van der Waals surface area contributed by atoms with Gasteiger partial charge in [-0.05, 0) is 252 Å². The molecule has 0 aromatic heterocycles. The van der Waals surface area contributed by atoms with Crippen molar-refractivity contribution in [3.63, 3.8) is 0 Å². The Labute approximate surface area is 690 Å². The van der Waals surface area contributed by atoms with Crippen LogP contribution in [0.25, 0.3) is 11.1 Å². The Morgan fingerprint density at radius 2 is 0.641 bits per heavy atom. The predicted molar refractivity (Wildman–Crippen MR) is 460 cm³/mol. The number of nitrogens with zero attached hydrogens (tertiary/aromatic N) is 1. The molecule has 0 amide bonds. The third-order valence-corrected chi connectivity index (χ3v) is 26.9. The van der Waals surface area contributed by atoms with Gasteiger partial charge in [-0.25, -0.2) is 38.4 Å². The number of carbonyl (C=O) groups excluding carboxylic acids is 8. The van der Waals surface area contributed by atoms with E-state index in [1.807, 2.05) is 91.0 Å². The lowest BCUT2D eigenvalue weighted by atomic mass is 9.77. The van der Waals surface area contributed by atoms with Crippen LogP contribution in [0.5, 0.6) is 34.5 Å². The lowest BCUT2D eigenvalue weighted by Gasteiger charge is -2.28. The molecule has 1 fully saturated rings. The van der Waals surface area contributed by atoms with Crippen molar-refractivity contribution in [2.45, 2.75) is 154 Å². The second-order valence-electron chi connectivity index (χ2n) is 29.5. The lowest BCUT2D eigenvalue weighted by molar-refractivity contribution is -0.138. The van der Waals surface area contributed by atoms with Crippen molar-refractivity contribution in [2.75, 3.05) is 39.6 Å². The number of hydrogen-bond donors (Lipinski definition) is 0. The summed E-state index contributed by atoms with van der Waals surface area (Å²) in [7, 11) is -3.53. The van der Waals surface area contributed by atoms with E-state index >= 15 is 0 Å². The fraction of sp³-hybridized carbons (Fsp3) is 0.323. The van der Waals surface area contributed by atoms with Crippen LogP contribution >= 0.6 is 0 Å². The molecule has 0 radical (unpaired) electrons. The number of rotatable bonds is 42. The molecular formula is C96H109NO18Si2. The van der Waals surface area contributed by atoms with Crippen LogP contribution in [0.15, 0.2) is 245 Å². The van der Waals surface area contributed by atoms with Crippen LogP contribution in [-0.4, -0.2) is 104 Å². The molecule has 8 aromatic rings. The smallest absolute Gasteiger partial charge is 0.343 e. The van der Waals surface area contributed by atoms with E-state index in [-0.39, 0.29) is 11.9 Å². The molecule has 614 valence electrons. The molecule has 9 rings (SSSR count). The molecule has 0 atom stereocenters. The minimum Gasteiger partial charge on any atom is -0.494 e. The van der Waals surface area contributed by atoms with Crippen molar-refractivity contribution in [3.05, 3.63) is 278 Å². The molecule has 19 nitrogen and oxygen atoms in total. The van der Waals surface area contributed by atoms with Crippen LogP contribution in [0.1, 0.15) is 168 Å². The van der Waals surface area contributed by atoms with E-state index in [2.05, 4.69) is 71.6 Å². The molecular weight excluding hydrogens is 1510 g/mol. The maximum absolute atomic E-state index is 12.9. The first-order valence-electron chi connectivity index (χ1n) is 40.0. The number of benzene rings is 8. The number of hydrogen-bond acceptors (Lipinski definition) is 19. The third-order valence-electron chi connectivity index (χ3n) is 19.9. The van der Waals surface area contributed by atoms with Crippen LogP contribution in [0.4, 0.5) is 0 Å². The van der Waals surface area contributed by atoms with E-state index < -0.39 is 52.0 Å². The van der Waals surface area contributed by atoms with Crippen molar-refractivity contribution < 1.29 is 85.7 Å². The first-order valence-corrected chi connectivity index (χ1v) is 46.5. The monoisotopic (exact) mass is 1620 g/mol. The van der Waals surface area contributed by atoms with Gasteiger partial charge in [0, 0.05) is 24.3 Å². The SMILES string of the molecule is C=CC(=O)OCCCCCCOc1ccc(C(=O)Oc2ccc(C#N)cc2)cc1.C=CC(=O)OCCCCCCOc1ccc(C(=O)Oc2ccc(C3CCC(CCC)CC3)cc2)cc1.C=CC(=O)OCCC[Si](C)(C)c1ccc(OC(=O)c2ccc(-c3ccc(C(=O)Oc4ccc([Si](C)(C)CCCOC(=O)C=C)cc4)cc3)cc2)cc1. The molecule has 8 aromatic carbocycles. The molecule has 0 bridgehead atoms. The van der Waals surface area contributed by atoms with Crippen LogP contribution in [0, 0.1) is 17.2 Å². The third kappa shape index (κ3) is 33.0. The maximum Gasteiger partial charge on any atom is 0.343 e. The van der Waals surface area contributed by atoms with Gasteiger partial charge in [0.05, 0.1) is 89.7 Å². The Morgan fingerprint density at radius 3 is 0.949 bits per heavy atom. The van der Waals surface area contributed by atoms with Crippen LogP contribution in [0.2, 0.25) is 38.3 Å².